The standard InChI is InChI=1S/C12H13ClF3N3O2/c1-17-11(20)8-6-21-3-2-19(8)10-5-7(12(14,15)16)4-9(13)18-10/h4-5,8H,2-3,6H2,1H3,(H,17,20). The Morgan fingerprint density at radius 1 is 1.52 bits per heavy atom. The number of morpholine rings is 1. The van der Waals surface area contributed by atoms with Gasteiger partial charge in [0.1, 0.15) is 17.0 Å². The number of hydrogen-bond donors (Lipinski definition) is 1. The van der Waals surface area contributed by atoms with Gasteiger partial charge in [-0.25, -0.2) is 4.98 Å². The number of carbonyl (C=O) groups is 1. The molecule has 0 aliphatic carbocycles. The highest BCUT2D eigenvalue weighted by atomic mass is 35.5. The number of pyridine rings is 1. The number of nitrogens with zero attached hydrogens (tertiary/aromatic N) is 2. The number of hydrogen-bond acceptors (Lipinski definition) is 4. The molecule has 1 saturated heterocycles. The van der Waals surface area contributed by atoms with Crippen molar-refractivity contribution in [1.29, 1.82) is 0 Å². The highest BCUT2D eigenvalue weighted by Gasteiger charge is 2.34. The van der Waals surface area contributed by atoms with Crippen LogP contribution >= 0.6 is 11.6 Å². The molecule has 0 saturated carbocycles. The van der Waals surface area contributed by atoms with Gasteiger partial charge in [0.2, 0.25) is 5.91 Å². The van der Waals surface area contributed by atoms with E-state index in [-0.39, 0.29) is 30.0 Å². The number of halogens is 4. The Kier molecular flexibility index (Phi) is 4.58. The van der Waals surface area contributed by atoms with E-state index >= 15 is 0 Å². The summed E-state index contributed by atoms with van der Waals surface area (Å²) < 4.78 is 43.7. The lowest BCUT2D eigenvalue weighted by molar-refractivity contribution is -0.137. The third kappa shape index (κ3) is 3.56. The Hall–Kier alpha value is -1.54. The van der Waals surface area contributed by atoms with E-state index in [9.17, 15) is 18.0 Å². The van der Waals surface area contributed by atoms with E-state index in [2.05, 4.69) is 10.3 Å². The number of likely N-dealkylation sites (N-methyl/N-ethyl adjacent to an activating group) is 1. The normalized spacial score (nSPS) is 19.5. The van der Waals surface area contributed by atoms with Gasteiger partial charge in [-0.15, -0.1) is 0 Å². The first kappa shape index (κ1) is 15.8. The number of amides is 1. The smallest absolute Gasteiger partial charge is 0.377 e. The third-order valence-electron chi connectivity index (χ3n) is 3.08. The highest BCUT2D eigenvalue weighted by Crippen LogP contribution is 2.33. The summed E-state index contributed by atoms with van der Waals surface area (Å²) in [6.45, 7) is 0.626. The lowest BCUT2D eigenvalue weighted by Crippen LogP contribution is -2.53. The van der Waals surface area contributed by atoms with Crippen LogP contribution in [0.15, 0.2) is 12.1 Å². The molecule has 116 valence electrons. The Morgan fingerprint density at radius 2 is 2.24 bits per heavy atom. The Bertz CT molecular complexity index is 539. The molecule has 1 aliphatic heterocycles. The molecule has 2 rings (SSSR count). The Morgan fingerprint density at radius 3 is 2.86 bits per heavy atom. The molecule has 1 aromatic rings. The molecule has 1 aromatic heterocycles. The lowest BCUT2D eigenvalue weighted by atomic mass is 10.2. The SMILES string of the molecule is CNC(=O)C1COCCN1c1cc(C(F)(F)F)cc(Cl)n1. The molecule has 1 aliphatic rings. The second kappa shape index (κ2) is 6.07. The largest absolute Gasteiger partial charge is 0.416 e. The fourth-order valence-corrected chi connectivity index (χ4v) is 2.26. The molecule has 0 radical (unpaired) electrons. The topological polar surface area (TPSA) is 54.5 Å². The Balaban J connectivity index is 2.39. The van der Waals surface area contributed by atoms with Crippen LogP contribution in [0.3, 0.4) is 0 Å². The van der Waals surface area contributed by atoms with Crippen molar-refractivity contribution in [3.63, 3.8) is 0 Å². The van der Waals surface area contributed by atoms with Crippen molar-refractivity contribution in [2.24, 2.45) is 0 Å². The average molecular weight is 324 g/mol. The first-order valence-electron chi connectivity index (χ1n) is 6.13. The lowest BCUT2D eigenvalue weighted by Gasteiger charge is -2.35. The quantitative estimate of drug-likeness (QED) is 0.842. The van der Waals surface area contributed by atoms with Crippen molar-refractivity contribution >= 4 is 23.3 Å². The number of alkyl halides is 3. The van der Waals surface area contributed by atoms with Crippen molar-refractivity contribution in [2.75, 3.05) is 31.7 Å². The van der Waals surface area contributed by atoms with Crippen LogP contribution in [-0.4, -0.2) is 43.7 Å². The van der Waals surface area contributed by atoms with Gasteiger partial charge >= 0.3 is 6.18 Å². The van der Waals surface area contributed by atoms with E-state index in [1.807, 2.05) is 0 Å². The second-order valence-corrected chi connectivity index (χ2v) is 4.82. The van der Waals surface area contributed by atoms with E-state index in [1.165, 1.54) is 11.9 Å². The molecule has 1 fully saturated rings. The van der Waals surface area contributed by atoms with Crippen molar-refractivity contribution in [3.05, 3.63) is 22.8 Å². The van der Waals surface area contributed by atoms with E-state index < -0.39 is 17.8 Å². The molecule has 0 aromatic carbocycles. The van der Waals surface area contributed by atoms with Gasteiger partial charge in [-0.2, -0.15) is 13.2 Å². The van der Waals surface area contributed by atoms with E-state index in [0.717, 1.165) is 12.1 Å². The minimum Gasteiger partial charge on any atom is -0.377 e. The number of rotatable bonds is 2. The van der Waals surface area contributed by atoms with Gasteiger partial charge in [-0.3, -0.25) is 4.79 Å². The van der Waals surface area contributed by atoms with Gasteiger partial charge in [0.05, 0.1) is 18.8 Å². The van der Waals surface area contributed by atoms with Crippen molar-refractivity contribution in [1.82, 2.24) is 10.3 Å². The van der Waals surface area contributed by atoms with Crippen LogP contribution in [-0.2, 0) is 15.7 Å². The first-order valence-corrected chi connectivity index (χ1v) is 6.51. The predicted molar refractivity (Wildman–Crippen MR) is 70.3 cm³/mol. The fourth-order valence-electron chi connectivity index (χ4n) is 2.06. The maximum atomic E-state index is 12.8. The zero-order valence-electron chi connectivity index (χ0n) is 11.1. The summed E-state index contributed by atoms with van der Waals surface area (Å²) in [5.41, 5.74) is -0.903. The summed E-state index contributed by atoms with van der Waals surface area (Å²) in [5, 5.41) is 2.17. The van der Waals surface area contributed by atoms with Gasteiger partial charge < -0.3 is 15.0 Å². The molecule has 21 heavy (non-hydrogen) atoms. The summed E-state index contributed by atoms with van der Waals surface area (Å²) in [4.78, 5) is 17.2. The molecule has 5 nitrogen and oxygen atoms in total. The molecule has 1 amide bonds. The predicted octanol–water partition coefficient (Wildman–Crippen LogP) is 1.71. The average Bonchev–Trinajstić information content (AvgIpc) is 2.45. The van der Waals surface area contributed by atoms with E-state index in [4.69, 9.17) is 16.3 Å². The Labute approximate surface area is 124 Å². The molecule has 1 N–H and O–H groups in total. The summed E-state index contributed by atoms with van der Waals surface area (Å²) in [6.07, 6.45) is -4.53. The number of nitrogens with one attached hydrogen (secondary N) is 1. The summed E-state index contributed by atoms with van der Waals surface area (Å²) in [7, 11) is 1.45. The van der Waals surface area contributed by atoms with E-state index in [0.29, 0.717) is 6.61 Å². The van der Waals surface area contributed by atoms with Crippen LogP contribution in [0, 0.1) is 0 Å². The van der Waals surface area contributed by atoms with Crippen LogP contribution < -0.4 is 10.2 Å². The van der Waals surface area contributed by atoms with Gasteiger partial charge in [0.15, 0.2) is 0 Å². The summed E-state index contributed by atoms with van der Waals surface area (Å²) in [6, 6.07) is 0.892. The molecule has 0 bridgehead atoms. The summed E-state index contributed by atoms with van der Waals surface area (Å²) in [5.74, 6) is -0.350. The summed E-state index contributed by atoms with van der Waals surface area (Å²) >= 11 is 5.67. The van der Waals surface area contributed by atoms with Gasteiger partial charge in [-0.1, -0.05) is 11.6 Å². The molecular weight excluding hydrogens is 311 g/mol. The van der Waals surface area contributed by atoms with Gasteiger partial charge in [0, 0.05) is 13.6 Å². The molecule has 1 unspecified atom stereocenters. The van der Waals surface area contributed by atoms with Crippen molar-refractivity contribution in [3.8, 4) is 0 Å². The van der Waals surface area contributed by atoms with Crippen LogP contribution in [0.5, 0.6) is 0 Å². The maximum Gasteiger partial charge on any atom is 0.416 e. The van der Waals surface area contributed by atoms with Crippen LogP contribution in [0.25, 0.3) is 0 Å². The number of ether oxygens (including phenoxy) is 1. The molecule has 9 heteroatoms. The minimum atomic E-state index is -4.53. The molecule has 1 atom stereocenters. The molecule has 0 spiro atoms. The van der Waals surface area contributed by atoms with E-state index in [1.54, 1.807) is 0 Å². The third-order valence-corrected chi connectivity index (χ3v) is 3.27. The molecular formula is C12H13ClF3N3O2. The van der Waals surface area contributed by atoms with Gasteiger partial charge in [0.25, 0.3) is 0 Å². The molecule has 2 heterocycles. The van der Waals surface area contributed by atoms with Crippen LogP contribution in [0.2, 0.25) is 5.15 Å². The number of aromatic nitrogens is 1. The van der Waals surface area contributed by atoms with Crippen LogP contribution in [0.1, 0.15) is 5.56 Å². The van der Waals surface area contributed by atoms with Gasteiger partial charge in [-0.05, 0) is 12.1 Å². The number of anilines is 1. The van der Waals surface area contributed by atoms with Crippen molar-refractivity contribution in [2.45, 2.75) is 12.2 Å². The fraction of sp³-hybridized carbons (Fsp3) is 0.500. The number of carbonyl (C=O) groups excluding carboxylic acids is 1. The zero-order valence-corrected chi connectivity index (χ0v) is 11.8. The monoisotopic (exact) mass is 323 g/mol. The second-order valence-electron chi connectivity index (χ2n) is 4.43. The highest BCUT2D eigenvalue weighted by molar-refractivity contribution is 6.29. The van der Waals surface area contributed by atoms with Crippen molar-refractivity contribution < 1.29 is 22.7 Å². The van der Waals surface area contributed by atoms with Crippen LogP contribution in [0.4, 0.5) is 19.0 Å². The maximum absolute atomic E-state index is 12.8. The minimum absolute atomic E-state index is 0.00623. The first-order chi connectivity index (χ1) is 9.82. The zero-order chi connectivity index (χ0) is 15.6.